The Morgan fingerprint density at radius 3 is 2.69 bits per heavy atom. The third kappa shape index (κ3) is 1.06. The van der Waals surface area contributed by atoms with E-state index in [1.165, 1.54) is 0 Å². The Morgan fingerprint density at radius 2 is 2.31 bits per heavy atom. The minimum Gasteiger partial charge on any atom is -0.481 e. The minimum atomic E-state index is -1.08. The number of nitrogens with zero attached hydrogens (tertiary/aromatic N) is 2. The van der Waals surface area contributed by atoms with Crippen molar-refractivity contribution in [3.8, 4) is 0 Å². The van der Waals surface area contributed by atoms with Crippen LogP contribution in [0.3, 0.4) is 0 Å². The van der Waals surface area contributed by atoms with Crippen molar-refractivity contribution in [2.75, 3.05) is 0 Å². The zero-order valence-electron chi connectivity index (χ0n) is 6.56. The maximum Gasteiger partial charge on any atom is 0.316 e. The molecule has 1 saturated carbocycles. The quantitative estimate of drug-likeness (QED) is 0.735. The number of rotatable bonds is 2. The van der Waals surface area contributed by atoms with Gasteiger partial charge in [0.05, 0.1) is 5.69 Å². The molecule has 5 nitrogen and oxygen atoms in total. The Bertz CT molecular complexity index is 352. The highest BCUT2D eigenvalue weighted by atomic mass is 32.1. The summed E-state index contributed by atoms with van der Waals surface area (Å²) in [4.78, 5) is 21.7. The first-order valence-corrected chi connectivity index (χ1v) is 4.51. The normalized spacial score (nSPS) is 19.5. The second-order valence-electron chi connectivity index (χ2n) is 3.07. The van der Waals surface area contributed by atoms with E-state index in [0.717, 1.165) is 11.5 Å². The molecule has 6 heteroatoms. The lowest BCUT2D eigenvalue weighted by Gasteiger charge is -2.33. The van der Waals surface area contributed by atoms with Crippen LogP contribution < -0.4 is 0 Å². The van der Waals surface area contributed by atoms with Crippen LogP contribution in [-0.4, -0.2) is 26.4 Å². The zero-order chi connectivity index (χ0) is 9.47. The fourth-order valence-electron chi connectivity index (χ4n) is 1.44. The summed E-state index contributed by atoms with van der Waals surface area (Å²) in [6, 6.07) is 0. The summed E-state index contributed by atoms with van der Waals surface area (Å²) in [6.07, 6.45) is 0.0987. The van der Waals surface area contributed by atoms with Gasteiger partial charge in [0.15, 0.2) is 0 Å². The average Bonchev–Trinajstić information content (AvgIpc) is 2.49. The molecule has 0 saturated heterocycles. The van der Waals surface area contributed by atoms with Gasteiger partial charge in [0, 0.05) is 18.2 Å². The van der Waals surface area contributed by atoms with Crippen LogP contribution in [0.1, 0.15) is 18.5 Å². The highest BCUT2D eigenvalue weighted by molar-refractivity contribution is 7.03. The number of Topliss-reactive ketones (excluding diaryl/α,β-unsaturated/α-hetero) is 1. The van der Waals surface area contributed by atoms with Gasteiger partial charge in [-0.1, -0.05) is 4.49 Å². The van der Waals surface area contributed by atoms with E-state index in [1.807, 2.05) is 0 Å². The smallest absolute Gasteiger partial charge is 0.316 e. The highest BCUT2D eigenvalue weighted by Crippen LogP contribution is 2.40. The van der Waals surface area contributed by atoms with Crippen LogP contribution in [0.4, 0.5) is 0 Å². The molecular formula is C7H6N2O3S. The Hall–Kier alpha value is -1.30. The monoisotopic (exact) mass is 198 g/mol. The molecule has 0 unspecified atom stereocenters. The van der Waals surface area contributed by atoms with E-state index in [1.54, 1.807) is 5.38 Å². The summed E-state index contributed by atoms with van der Waals surface area (Å²) in [5.41, 5.74) is -0.672. The van der Waals surface area contributed by atoms with E-state index in [2.05, 4.69) is 9.59 Å². The lowest BCUT2D eigenvalue weighted by molar-refractivity contribution is -0.153. The molecule has 0 spiro atoms. The Morgan fingerprint density at radius 1 is 1.62 bits per heavy atom. The van der Waals surface area contributed by atoms with Crippen molar-refractivity contribution in [3.63, 3.8) is 0 Å². The van der Waals surface area contributed by atoms with Crippen molar-refractivity contribution < 1.29 is 14.7 Å². The summed E-state index contributed by atoms with van der Waals surface area (Å²) >= 11 is 1.10. The van der Waals surface area contributed by atoms with Gasteiger partial charge in [-0.25, -0.2) is 0 Å². The number of hydrogen-bond donors (Lipinski definition) is 1. The van der Waals surface area contributed by atoms with Crippen molar-refractivity contribution in [2.24, 2.45) is 0 Å². The molecule has 68 valence electrons. The number of carboxylic acids is 1. The minimum absolute atomic E-state index is 0.0320. The van der Waals surface area contributed by atoms with Gasteiger partial charge >= 0.3 is 5.97 Å². The highest BCUT2D eigenvalue weighted by Gasteiger charge is 2.53. The van der Waals surface area contributed by atoms with Gasteiger partial charge < -0.3 is 5.11 Å². The van der Waals surface area contributed by atoms with Gasteiger partial charge in [0.2, 0.25) is 0 Å². The number of carbonyl (C=O) groups excluding carboxylic acids is 1. The molecule has 0 aliphatic heterocycles. The number of aliphatic carboxylic acids is 1. The second-order valence-corrected chi connectivity index (χ2v) is 3.68. The van der Waals surface area contributed by atoms with Crippen LogP contribution in [0.5, 0.6) is 0 Å². The maximum absolute atomic E-state index is 10.9. The third-order valence-electron chi connectivity index (χ3n) is 2.26. The first kappa shape index (κ1) is 8.31. The first-order chi connectivity index (χ1) is 6.15. The lowest BCUT2D eigenvalue weighted by atomic mass is 9.66. The van der Waals surface area contributed by atoms with E-state index in [9.17, 15) is 9.59 Å². The van der Waals surface area contributed by atoms with Gasteiger partial charge in [-0.05, 0) is 11.5 Å². The molecule has 13 heavy (non-hydrogen) atoms. The summed E-state index contributed by atoms with van der Waals surface area (Å²) in [6.45, 7) is 0. The number of hydrogen-bond acceptors (Lipinski definition) is 5. The average molecular weight is 198 g/mol. The molecule has 1 fully saturated rings. The van der Waals surface area contributed by atoms with Crippen LogP contribution in [0.15, 0.2) is 5.38 Å². The third-order valence-corrected chi connectivity index (χ3v) is 2.76. The van der Waals surface area contributed by atoms with Crippen LogP contribution in [0, 0.1) is 0 Å². The molecule has 0 atom stereocenters. The Kier molecular flexibility index (Phi) is 1.66. The fourth-order valence-corrected chi connectivity index (χ4v) is 1.99. The van der Waals surface area contributed by atoms with Crippen molar-refractivity contribution >= 4 is 23.3 Å². The van der Waals surface area contributed by atoms with Crippen LogP contribution in [-0.2, 0) is 15.0 Å². The van der Waals surface area contributed by atoms with Gasteiger partial charge in [-0.15, -0.1) is 5.10 Å². The zero-order valence-corrected chi connectivity index (χ0v) is 7.37. The number of ketones is 1. The van der Waals surface area contributed by atoms with Gasteiger partial charge in [0.1, 0.15) is 11.2 Å². The van der Waals surface area contributed by atoms with Crippen molar-refractivity contribution in [1.29, 1.82) is 0 Å². The standard InChI is InChI=1S/C7H6N2O3S/c10-4-1-7(2-4,6(11)12)5-3-13-9-8-5/h3H,1-2H2,(H,11,12). The number of carbonyl (C=O) groups is 2. The molecule has 0 bridgehead atoms. The van der Waals surface area contributed by atoms with Gasteiger partial charge in [-0.2, -0.15) is 0 Å². The summed E-state index contributed by atoms with van der Waals surface area (Å²) in [5, 5.41) is 14.2. The molecule has 2 rings (SSSR count). The molecule has 1 aliphatic carbocycles. The van der Waals surface area contributed by atoms with E-state index in [-0.39, 0.29) is 18.6 Å². The molecule has 0 radical (unpaired) electrons. The van der Waals surface area contributed by atoms with E-state index in [4.69, 9.17) is 5.11 Å². The lowest BCUT2D eigenvalue weighted by Crippen LogP contribution is -2.48. The van der Waals surface area contributed by atoms with Crippen molar-refractivity contribution in [1.82, 2.24) is 9.59 Å². The summed E-state index contributed by atoms with van der Waals surface area (Å²) in [5.74, 6) is -1.02. The van der Waals surface area contributed by atoms with Crippen LogP contribution in [0.2, 0.25) is 0 Å². The van der Waals surface area contributed by atoms with E-state index in [0.29, 0.717) is 5.69 Å². The largest absolute Gasteiger partial charge is 0.481 e. The molecule has 1 aromatic heterocycles. The predicted octanol–water partition coefficient (Wildman–Crippen LogP) is 0.223. The van der Waals surface area contributed by atoms with Crippen LogP contribution >= 0.6 is 11.5 Å². The second kappa shape index (κ2) is 2.59. The van der Waals surface area contributed by atoms with Gasteiger partial charge in [-0.3, -0.25) is 9.59 Å². The number of carboxylic acid groups (broad SMARTS) is 1. The van der Waals surface area contributed by atoms with Crippen LogP contribution in [0.25, 0.3) is 0 Å². The predicted molar refractivity (Wildman–Crippen MR) is 43.5 cm³/mol. The van der Waals surface area contributed by atoms with Crippen molar-refractivity contribution in [2.45, 2.75) is 18.3 Å². The summed E-state index contributed by atoms with van der Waals surface area (Å²) < 4.78 is 3.59. The molecule has 0 aromatic carbocycles. The Labute approximate surface area is 77.6 Å². The van der Waals surface area contributed by atoms with E-state index >= 15 is 0 Å². The van der Waals surface area contributed by atoms with E-state index < -0.39 is 11.4 Å². The Balaban J connectivity index is 2.37. The SMILES string of the molecule is O=C1CC(C(=O)O)(c2csnn2)C1. The molecular weight excluding hydrogens is 192 g/mol. The molecule has 1 N–H and O–H groups in total. The van der Waals surface area contributed by atoms with Crippen molar-refractivity contribution in [3.05, 3.63) is 11.1 Å². The molecule has 1 heterocycles. The molecule has 0 amide bonds. The van der Waals surface area contributed by atoms with Gasteiger partial charge in [0.25, 0.3) is 0 Å². The maximum atomic E-state index is 10.9. The molecule has 1 aliphatic rings. The topological polar surface area (TPSA) is 80.2 Å². The first-order valence-electron chi connectivity index (χ1n) is 3.68. The fraction of sp³-hybridized carbons (Fsp3) is 0.429. The summed E-state index contributed by atoms with van der Waals surface area (Å²) in [7, 11) is 0. The number of aromatic nitrogens is 2. The molecule has 1 aromatic rings.